The second kappa shape index (κ2) is 5.67. The number of hydrogen-bond donors (Lipinski definition) is 1. The van der Waals surface area contributed by atoms with Crippen molar-refractivity contribution in [3.05, 3.63) is 65.5 Å². The molecule has 0 spiro atoms. The van der Waals surface area contributed by atoms with Crippen LogP contribution < -0.4 is 5.32 Å². The summed E-state index contributed by atoms with van der Waals surface area (Å²) in [5.74, 6) is 0.237. The molecule has 0 bridgehead atoms. The highest BCUT2D eigenvalue weighted by Gasteiger charge is 2.07. The smallest absolute Gasteiger partial charge is 0.128 e. The number of halogens is 1. The van der Waals surface area contributed by atoms with E-state index in [4.69, 9.17) is 0 Å². The van der Waals surface area contributed by atoms with Crippen LogP contribution in [0.1, 0.15) is 24.0 Å². The lowest BCUT2D eigenvalue weighted by atomic mass is 10.0. The molecule has 1 unspecified atom stereocenters. The molecule has 1 nitrogen and oxygen atoms in total. The molecule has 0 radical (unpaired) electrons. The molecule has 0 saturated carbocycles. The van der Waals surface area contributed by atoms with Crippen LogP contribution in [0.2, 0.25) is 0 Å². The van der Waals surface area contributed by atoms with E-state index in [-0.39, 0.29) is 5.82 Å². The number of nitrogens with one attached hydrogen (secondary N) is 1. The average molecular weight is 243 g/mol. The van der Waals surface area contributed by atoms with Gasteiger partial charge in [-0.05, 0) is 30.5 Å². The SMILES string of the molecule is Cc1c(F)cccc1NCC(C)c1ccccc1. The van der Waals surface area contributed by atoms with Crippen molar-refractivity contribution in [3.8, 4) is 0 Å². The van der Waals surface area contributed by atoms with Crippen LogP contribution in [0.3, 0.4) is 0 Å². The molecule has 1 atom stereocenters. The molecule has 0 aliphatic carbocycles. The highest BCUT2D eigenvalue weighted by molar-refractivity contribution is 5.51. The minimum absolute atomic E-state index is 0.160. The summed E-state index contributed by atoms with van der Waals surface area (Å²) in [7, 11) is 0. The van der Waals surface area contributed by atoms with Gasteiger partial charge in [0.05, 0.1) is 0 Å². The first-order valence-electron chi connectivity index (χ1n) is 6.22. The first-order chi connectivity index (χ1) is 8.68. The van der Waals surface area contributed by atoms with Gasteiger partial charge in [0.15, 0.2) is 0 Å². The Morgan fingerprint density at radius 1 is 1.06 bits per heavy atom. The molecule has 0 aliphatic rings. The van der Waals surface area contributed by atoms with Crippen LogP contribution in [-0.4, -0.2) is 6.54 Å². The number of anilines is 1. The fourth-order valence-electron chi connectivity index (χ4n) is 1.96. The fraction of sp³-hybridized carbons (Fsp3) is 0.250. The largest absolute Gasteiger partial charge is 0.384 e. The van der Waals surface area contributed by atoms with E-state index in [2.05, 4.69) is 24.4 Å². The number of hydrogen-bond acceptors (Lipinski definition) is 1. The summed E-state index contributed by atoms with van der Waals surface area (Å²) >= 11 is 0. The first-order valence-corrected chi connectivity index (χ1v) is 6.22. The van der Waals surface area contributed by atoms with Crippen molar-refractivity contribution in [2.24, 2.45) is 0 Å². The van der Waals surface area contributed by atoms with E-state index < -0.39 is 0 Å². The van der Waals surface area contributed by atoms with Gasteiger partial charge >= 0.3 is 0 Å². The molecular formula is C16H18FN. The second-order valence-corrected chi connectivity index (χ2v) is 4.61. The molecule has 0 aromatic heterocycles. The van der Waals surface area contributed by atoms with Crippen molar-refractivity contribution >= 4 is 5.69 Å². The van der Waals surface area contributed by atoms with Crippen LogP contribution in [0.25, 0.3) is 0 Å². The number of rotatable bonds is 4. The summed E-state index contributed by atoms with van der Waals surface area (Å²) in [5.41, 5.74) is 2.84. The molecule has 0 saturated heterocycles. The molecule has 2 aromatic rings. The predicted molar refractivity (Wildman–Crippen MR) is 74.5 cm³/mol. The maximum absolute atomic E-state index is 13.4. The van der Waals surface area contributed by atoms with Crippen molar-refractivity contribution in [2.45, 2.75) is 19.8 Å². The van der Waals surface area contributed by atoms with Crippen LogP contribution in [-0.2, 0) is 0 Å². The predicted octanol–water partition coefficient (Wildman–Crippen LogP) is 4.35. The number of benzene rings is 2. The third kappa shape index (κ3) is 2.89. The second-order valence-electron chi connectivity index (χ2n) is 4.61. The maximum Gasteiger partial charge on any atom is 0.128 e. The first kappa shape index (κ1) is 12.6. The molecule has 0 heterocycles. The zero-order valence-corrected chi connectivity index (χ0v) is 10.8. The third-order valence-corrected chi connectivity index (χ3v) is 3.24. The monoisotopic (exact) mass is 243 g/mol. The highest BCUT2D eigenvalue weighted by atomic mass is 19.1. The van der Waals surface area contributed by atoms with Crippen molar-refractivity contribution in [1.82, 2.24) is 0 Å². The molecule has 0 aliphatic heterocycles. The van der Waals surface area contributed by atoms with E-state index in [0.717, 1.165) is 12.2 Å². The van der Waals surface area contributed by atoms with E-state index in [1.165, 1.54) is 11.6 Å². The molecular weight excluding hydrogens is 225 g/mol. The van der Waals surface area contributed by atoms with Gasteiger partial charge in [0, 0.05) is 17.8 Å². The minimum atomic E-state index is -0.160. The quantitative estimate of drug-likeness (QED) is 0.841. The van der Waals surface area contributed by atoms with Crippen molar-refractivity contribution in [3.63, 3.8) is 0 Å². The van der Waals surface area contributed by atoms with Gasteiger partial charge in [-0.25, -0.2) is 4.39 Å². The van der Waals surface area contributed by atoms with E-state index >= 15 is 0 Å². The Morgan fingerprint density at radius 3 is 2.50 bits per heavy atom. The molecule has 2 rings (SSSR count). The zero-order chi connectivity index (χ0) is 13.0. The average Bonchev–Trinajstić information content (AvgIpc) is 2.41. The van der Waals surface area contributed by atoms with E-state index in [0.29, 0.717) is 11.5 Å². The van der Waals surface area contributed by atoms with E-state index in [9.17, 15) is 4.39 Å². The Balaban J connectivity index is 2.02. The van der Waals surface area contributed by atoms with Gasteiger partial charge in [0.25, 0.3) is 0 Å². The van der Waals surface area contributed by atoms with Crippen LogP contribution in [0.4, 0.5) is 10.1 Å². The Hall–Kier alpha value is -1.83. The van der Waals surface area contributed by atoms with Gasteiger partial charge < -0.3 is 5.32 Å². The highest BCUT2D eigenvalue weighted by Crippen LogP contribution is 2.20. The Kier molecular flexibility index (Phi) is 3.98. The van der Waals surface area contributed by atoms with Crippen LogP contribution in [0.5, 0.6) is 0 Å². The fourth-order valence-corrected chi connectivity index (χ4v) is 1.96. The lowest BCUT2D eigenvalue weighted by Crippen LogP contribution is -2.10. The molecule has 2 heteroatoms. The van der Waals surface area contributed by atoms with Gasteiger partial charge in [-0.1, -0.05) is 43.3 Å². The van der Waals surface area contributed by atoms with Gasteiger partial charge in [-0.15, -0.1) is 0 Å². The summed E-state index contributed by atoms with van der Waals surface area (Å²) in [4.78, 5) is 0. The van der Waals surface area contributed by atoms with Crippen LogP contribution in [0.15, 0.2) is 48.5 Å². The van der Waals surface area contributed by atoms with Gasteiger partial charge in [-0.3, -0.25) is 0 Å². The van der Waals surface area contributed by atoms with Crippen LogP contribution >= 0.6 is 0 Å². The summed E-state index contributed by atoms with van der Waals surface area (Å²) in [6, 6.07) is 15.5. The molecule has 94 valence electrons. The van der Waals surface area contributed by atoms with E-state index in [1.807, 2.05) is 24.3 Å². The molecule has 18 heavy (non-hydrogen) atoms. The normalized spacial score (nSPS) is 12.2. The molecule has 2 aromatic carbocycles. The molecule has 1 N–H and O–H groups in total. The van der Waals surface area contributed by atoms with Crippen molar-refractivity contribution in [2.75, 3.05) is 11.9 Å². The summed E-state index contributed by atoms with van der Waals surface area (Å²) in [6.07, 6.45) is 0. The van der Waals surface area contributed by atoms with Gasteiger partial charge in [0.1, 0.15) is 5.82 Å². The van der Waals surface area contributed by atoms with Gasteiger partial charge in [0.2, 0.25) is 0 Å². The Morgan fingerprint density at radius 2 is 1.78 bits per heavy atom. The lowest BCUT2D eigenvalue weighted by molar-refractivity contribution is 0.619. The van der Waals surface area contributed by atoms with Crippen molar-refractivity contribution < 1.29 is 4.39 Å². The summed E-state index contributed by atoms with van der Waals surface area (Å²) < 4.78 is 13.4. The van der Waals surface area contributed by atoms with Gasteiger partial charge in [-0.2, -0.15) is 0 Å². The standard InChI is InChI=1S/C16H18FN/c1-12(14-7-4-3-5-8-14)11-18-16-10-6-9-15(17)13(16)2/h3-10,12,18H,11H2,1-2H3. The molecule has 0 amide bonds. The minimum Gasteiger partial charge on any atom is -0.384 e. The summed E-state index contributed by atoms with van der Waals surface area (Å²) in [5, 5.41) is 3.31. The topological polar surface area (TPSA) is 12.0 Å². The maximum atomic E-state index is 13.4. The summed E-state index contributed by atoms with van der Waals surface area (Å²) in [6.45, 7) is 4.76. The van der Waals surface area contributed by atoms with Crippen LogP contribution in [0, 0.1) is 12.7 Å². The Labute approximate surface area is 108 Å². The zero-order valence-electron chi connectivity index (χ0n) is 10.8. The lowest BCUT2D eigenvalue weighted by Gasteiger charge is -2.15. The third-order valence-electron chi connectivity index (χ3n) is 3.24. The van der Waals surface area contributed by atoms with E-state index in [1.54, 1.807) is 13.0 Å². The van der Waals surface area contributed by atoms with Crippen molar-refractivity contribution in [1.29, 1.82) is 0 Å². The molecule has 0 fully saturated rings. The Bertz CT molecular complexity index is 508.